The largest absolute Gasteiger partial charge is 0.342 e. The second-order valence-corrected chi connectivity index (χ2v) is 7.50. The summed E-state index contributed by atoms with van der Waals surface area (Å²) in [5, 5.41) is 6.27. The highest BCUT2D eigenvalue weighted by Crippen LogP contribution is 2.22. The van der Waals surface area contributed by atoms with Crippen LogP contribution in [0.25, 0.3) is 22.2 Å². The first-order valence-corrected chi connectivity index (χ1v) is 10.4. The average Bonchev–Trinajstić information content (AvgIpc) is 3.23. The molecule has 0 bridgehead atoms. The van der Waals surface area contributed by atoms with Gasteiger partial charge in [-0.05, 0) is 74.0 Å². The number of carbonyl (C=O) groups is 1. The van der Waals surface area contributed by atoms with E-state index in [1.54, 1.807) is 24.3 Å². The lowest BCUT2D eigenvalue weighted by Gasteiger charge is -2.17. The van der Waals surface area contributed by atoms with Crippen molar-refractivity contribution >= 4 is 16.9 Å². The number of rotatable bonds is 8. The van der Waals surface area contributed by atoms with E-state index in [-0.39, 0.29) is 17.8 Å². The second kappa shape index (κ2) is 9.53. The number of amides is 1. The zero-order valence-corrected chi connectivity index (χ0v) is 17.4. The maximum atomic E-state index is 13.1. The highest BCUT2D eigenvalue weighted by Gasteiger charge is 2.19. The van der Waals surface area contributed by atoms with E-state index in [4.69, 9.17) is 0 Å². The fourth-order valence-electron chi connectivity index (χ4n) is 3.60. The molecule has 0 fully saturated rings. The molecular weight excluding hydrogens is 391 g/mol. The Kier molecular flexibility index (Phi) is 6.38. The Bertz CT molecular complexity index is 1120. The van der Waals surface area contributed by atoms with Gasteiger partial charge in [0.1, 0.15) is 11.6 Å². The van der Waals surface area contributed by atoms with Crippen LogP contribution in [0.3, 0.4) is 0 Å². The summed E-state index contributed by atoms with van der Waals surface area (Å²) in [6.45, 7) is 0.860. The summed E-state index contributed by atoms with van der Waals surface area (Å²) < 4.78 is 13.1. The van der Waals surface area contributed by atoms with E-state index in [0.717, 1.165) is 47.4 Å². The lowest BCUT2D eigenvalue weighted by molar-refractivity contribution is 0.0932. The Hall–Kier alpha value is -3.51. The van der Waals surface area contributed by atoms with Gasteiger partial charge in [-0.3, -0.25) is 4.79 Å². The number of nitrogens with one attached hydrogen (secondary N) is 3. The number of nitrogens with zero attached hydrogens (tertiary/aromatic N) is 1. The van der Waals surface area contributed by atoms with Crippen molar-refractivity contribution in [3.05, 3.63) is 90.0 Å². The number of H-pyrrole nitrogens is 1. The average molecular weight is 417 g/mol. The van der Waals surface area contributed by atoms with Gasteiger partial charge in [-0.1, -0.05) is 36.4 Å². The van der Waals surface area contributed by atoms with Crippen LogP contribution in [-0.2, 0) is 0 Å². The lowest BCUT2D eigenvalue weighted by Crippen LogP contribution is -2.30. The molecule has 0 saturated carbocycles. The summed E-state index contributed by atoms with van der Waals surface area (Å²) in [7, 11) is 1.91. The molecule has 4 rings (SSSR count). The van der Waals surface area contributed by atoms with Crippen LogP contribution in [-0.4, -0.2) is 29.5 Å². The van der Waals surface area contributed by atoms with E-state index in [0.29, 0.717) is 5.56 Å². The topological polar surface area (TPSA) is 69.8 Å². The fourth-order valence-corrected chi connectivity index (χ4v) is 3.60. The van der Waals surface area contributed by atoms with Crippen molar-refractivity contribution < 1.29 is 9.18 Å². The molecule has 158 valence electrons. The molecule has 6 heteroatoms. The Morgan fingerprint density at radius 3 is 2.35 bits per heavy atom. The lowest BCUT2D eigenvalue weighted by atomic mass is 10.0. The van der Waals surface area contributed by atoms with Crippen LogP contribution in [0, 0.1) is 5.82 Å². The molecule has 3 N–H and O–H groups in total. The molecule has 0 aliphatic rings. The van der Waals surface area contributed by atoms with Gasteiger partial charge in [0.25, 0.3) is 5.91 Å². The summed E-state index contributed by atoms with van der Waals surface area (Å²) in [5.74, 6) is 0.337. The monoisotopic (exact) mass is 416 g/mol. The normalized spacial score (nSPS) is 12.1. The quantitative estimate of drug-likeness (QED) is 0.360. The summed E-state index contributed by atoms with van der Waals surface area (Å²) >= 11 is 0. The van der Waals surface area contributed by atoms with Crippen molar-refractivity contribution in [1.82, 2.24) is 20.6 Å². The molecule has 0 aliphatic heterocycles. The number of imidazole rings is 1. The molecule has 3 aromatic carbocycles. The third-order valence-corrected chi connectivity index (χ3v) is 5.29. The van der Waals surface area contributed by atoms with Crippen LogP contribution in [0.5, 0.6) is 0 Å². The van der Waals surface area contributed by atoms with Crippen LogP contribution in [0.15, 0.2) is 72.8 Å². The molecule has 0 spiro atoms. The van der Waals surface area contributed by atoms with E-state index in [2.05, 4.69) is 20.6 Å². The zero-order valence-electron chi connectivity index (χ0n) is 17.4. The molecule has 31 heavy (non-hydrogen) atoms. The van der Waals surface area contributed by atoms with E-state index in [1.165, 1.54) is 12.1 Å². The van der Waals surface area contributed by atoms with E-state index >= 15 is 0 Å². The van der Waals surface area contributed by atoms with Gasteiger partial charge in [-0.25, -0.2) is 9.37 Å². The van der Waals surface area contributed by atoms with Crippen LogP contribution in [0.4, 0.5) is 4.39 Å². The first-order chi connectivity index (χ1) is 15.1. The fraction of sp³-hybridized carbons (Fsp3) is 0.200. The molecule has 4 aromatic rings. The number of carbonyl (C=O) groups excluding carboxylic acids is 1. The SMILES string of the molecule is CNCCCC(NC(=O)c1ccc(-c2ccc(F)cc2)cc1)c1nc2ccccc2[nH]1. The zero-order chi connectivity index (χ0) is 21.6. The van der Waals surface area contributed by atoms with Crippen molar-refractivity contribution in [2.75, 3.05) is 13.6 Å². The van der Waals surface area contributed by atoms with E-state index < -0.39 is 0 Å². The van der Waals surface area contributed by atoms with Crippen molar-refractivity contribution in [3.63, 3.8) is 0 Å². The summed E-state index contributed by atoms with van der Waals surface area (Å²) in [5.41, 5.74) is 4.24. The van der Waals surface area contributed by atoms with Crippen molar-refractivity contribution in [1.29, 1.82) is 0 Å². The molecule has 1 amide bonds. The highest BCUT2D eigenvalue weighted by molar-refractivity contribution is 5.95. The number of para-hydroxylation sites is 2. The molecule has 0 saturated heterocycles. The number of hydrogen-bond acceptors (Lipinski definition) is 3. The number of aromatic amines is 1. The Morgan fingerprint density at radius 2 is 1.68 bits per heavy atom. The number of aromatic nitrogens is 2. The number of hydrogen-bond donors (Lipinski definition) is 3. The first kappa shape index (κ1) is 20.8. The molecular formula is C25H25FN4O. The van der Waals surface area contributed by atoms with E-state index in [1.807, 2.05) is 43.4 Å². The third-order valence-electron chi connectivity index (χ3n) is 5.29. The second-order valence-electron chi connectivity index (χ2n) is 7.50. The summed E-state index contributed by atoms with van der Waals surface area (Å²) in [6, 6.07) is 21.3. The Balaban J connectivity index is 1.51. The standard InChI is InChI=1S/C25H25FN4O/c1-27-16-4-7-23(24-28-21-5-2-3-6-22(21)29-24)30-25(31)19-10-8-17(9-11-19)18-12-14-20(26)15-13-18/h2-3,5-6,8-15,23,27H,4,7,16H2,1H3,(H,28,29)(H,30,31). The van der Waals surface area contributed by atoms with Crippen molar-refractivity contribution in [2.24, 2.45) is 0 Å². The predicted molar refractivity (Wildman–Crippen MR) is 121 cm³/mol. The molecule has 0 radical (unpaired) electrons. The van der Waals surface area contributed by atoms with Crippen molar-refractivity contribution in [2.45, 2.75) is 18.9 Å². The van der Waals surface area contributed by atoms with Crippen LogP contribution >= 0.6 is 0 Å². The van der Waals surface area contributed by atoms with Crippen LogP contribution < -0.4 is 10.6 Å². The molecule has 1 heterocycles. The van der Waals surface area contributed by atoms with Gasteiger partial charge in [0.2, 0.25) is 0 Å². The Labute approximate surface area is 180 Å². The maximum absolute atomic E-state index is 13.1. The minimum Gasteiger partial charge on any atom is -0.342 e. The molecule has 5 nitrogen and oxygen atoms in total. The summed E-state index contributed by atoms with van der Waals surface area (Å²) in [6.07, 6.45) is 1.67. The van der Waals surface area contributed by atoms with Gasteiger partial charge in [0.05, 0.1) is 17.1 Å². The maximum Gasteiger partial charge on any atom is 0.251 e. The molecule has 1 unspecified atom stereocenters. The van der Waals surface area contributed by atoms with Gasteiger partial charge in [-0.2, -0.15) is 0 Å². The van der Waals surface area contributed by atoms with Gasteiger partial charge in [0.15, 0.2) is 0 Å². The first-order valence-electron chi connectivity index (χ1n) is 10.4. The van der Waals surface area contributed by atoms with Crippen LogP contribution in [0.1, 0.15) is 35.1 Å². The van der Waals surface area contributed by atoms with Gasteiger partial charge < -0.3 is 15.6 Å². The van der Waals surface area contributed by atoms with Gasteiger partial charge in [0, 0.05) is 5.56 Å². The van der Waals surface area contributed by atoms with E-state index in [9.17, 15) is 9.18 Å². The van der Waals surface area contributed by atoms with Gasteiger partial charge in [-0.15, -0.1) is 0 Å². The Morgan fingerprint density at radius 1 is 1.00 bits per heavy atom. The minimum absolute atomic E-state index is 0.152. The third kappa shape index (κ3) is 4.98. The number of benzene rings is 3. The number of halogens is 1. The van der Waals surface area contributed by atoms with Crippen LogP contribution in [0.2, 0.25) is 0 Å². The smallest absolute Gasteiger partial charge is 0.251 e. The highest BCUT2D eigenvalue weighted by atomic mass is 19.1. The minimum atomic E-state index is -0.269. The molecule has 1 atom stereocenters. The van der Waals surface area contributed by atoms with Gasteiger partial charge >= 0.3 is 0 Å². The molecule has 1 aromatic heterocycles. The predicted octanol–water partition coefficient (Wildman–Crippen LogP) is 4.84. The molecule has 0 aliphatic carbocycles. The number of fused-ring (bicyclic) bond motifs is 1. The summed E-state index contributed by atoms with van der Waals surface area (Å²) in [4.78, 5) is 21.0. The van der Waals surface area contributed by atoms with Crippen molar-refractivity contribution in [3.8, 4) is 11.1 Å².